The van der Waals surface area contributed by atoms with Gasteiger partial charge in [-0.05, 0) is 0 Å². The summed E-state index contributed by atoms with van der Waals surface area (Å²) in [6.45, 7) is 15.7. The molecule has 0 aromatic rings. The van der Waals surface area contributed by atoms with Crippen molar-refractivity contribution in [2.45, 2.75) is 38.5 Å². The molecule has 0 saturated heterocycles. The van der Waals surface area contributed by atoms with Crippen LogP contribution in [0.25, 0.3) is 0 Å². The van der Waals surface area contributed by atoms with Crippen LogP contribution in [0.15, 0.2) is 93.4 Å². The van der Waals surface area contributed by atoms with Crippen molar-refractivity contribution in [3.05, 3.63) is 93.4 Å². The Morgan fingerprint density at radius 1 is 0.696 bits per heavy atom. The van der Waals surface area contributed by atoms with Crippen molar-refractivity contribution in [1.82, 2.24) is 0 Å². The summed E-state index contributed by atoms with van der Waals surface area (Å²) in [5.41, 5.74) is 5.99. The summed E-state index contributed by atoms with van der Waals surface area (Å²) in [5.74, 6) is 0. The van der Waals surface area contributed by atoms with Crippen molar-refractivity contribution in [1.29, 1.82) is 0 Å². The van der Waals surface area contributed by atoms with Gasteiger partial charge >= 0.3 is 149 Å². The molecule has 122 valence electrons. The van der Waals surface area contributed by atoms with Crippen LogP contribution < -0.4 is 0 Å². The van der Waals surface area contributed by atoms with Crippen LogP contribution in [0.3, 0.4) is 0 Å². The van der Waals surface area contributed by atoms with Gasteiger partial charge in [-0.1, -0.05) is 0 Å². The van der Waals surface area contributed by atoms with Crippen LogP contribution in [-0.4, -0.2) is 0 Å². The molecule has 0 fully saturated rings. The molecule has 2 aliphatic carbocycles. The molecule has 0 aromatic carbocycles. The minimum absolute atomic E-state index is 0.137. The van der Waals surface area contributed by atoms with E-state index >= 15 is 0 Å². The first-order valence-electron chi connectivity index (χ1n) is 8.13. The molecule has 0 amide bonds. The van der Waals surface area contributed by atoms with E-state index in [-0.39, 0.29) is 17.1 Å². The first-order valence-corrected chi connectivity index (χ1v) is 9.87. The summed E-state index contributed by atoms with van der Waals surface area (Å²) in [6.07, 6.45) is 19.0. The van der Waals surface area contributed by atoms with Gasteiger partial charge < -0.3 is 0 Å². The second-order valence-corrected chi connectivity index (χ2v) is 8.20. The fourth-order valence-corrected chi connectivity index (χ4v) is 5.83. The molecular formula is C22H26Ru. The standard InChI is InChI=1S/2C11H13.Ru/c2*1-3-6-10-8-5-9-11(10)7-4-2;/h2*3-4,8H,1-2,5-7H2;. The van der Waals surface area contributed by atoms with Crippen LogP contribution in [0.5, 0.6) is 0 Å². The minimum atomic E-state index is 0.137. The Balaban J connectivity index is 2.25. The fourth-order valence-electron chi connectivity index (χ4n) is 3.05. The second-order valence-electron chi connectivity index (χ2n) is 5.66. The summed E-state index contributed by atoms with van der Waals surface area (Å²) in [5, 5.41) is 0. The average molecular weight is 392 g/mol. The van der Waals surface area contributed by atoms with Gasteiger partial charge in [-0.3, -0.25) is 0 Å². The molecule has 2 aliphatic rings. The molecule has 0 unspecified atom stereocenters. The maximum absolute atomic E-state index is 3.94. The first-order chi connectivity index (χ1) is 11.2. The van der Waals surface area contributed by atoms with Gasteiger partial charge in [-0.15, -0.1) is 0 Å². The van der Waals surface area contributed by atoms with Crippen LogP contribution >= 0.6 is 0 Å². The molecule has 0 heterocycles. The van der Waals surface area contributed by atoms with Crippen LogP contribution in [0.1, 0.15) is 38.5 Å². The summed E-state index contributed by atoms with van der Waals surface area (Å²) in [6, 6.07) is 0. The topological polar surface area (TPSA) is 0 Å². The van der Waals surface area contributed by atoms with Crippen LogP contribution in [0.2, 0.25) is 0 Å². The molecule has 0 radical (unpaired) electrons. The van der Waals surface area contributed by atoms with Crippen LogP contribution in [-0.2, 0) is 17.1 Å². The summed E-state index contributed by atoms with van der Waals surface area (Å²) in [4.78, 5) is 0. The van der Waals surface area contributed by atoms with E-state index in [1.165, 1.54) is 22.3 Å². The molecule has 0 atom stereocenters. The Morgan fingerprint density at radius 2 is 1.09 bits per heavy atom. The molecule has 0 saturated carbocycles. The fraction of sp³-hybridized carbons (Fsp3) is 0.273. The average Bonchev–Trinajstić information content (AvgIpc) is 3.09. The van der Waals surface area contributed by atoms with Crippen molar-refractivity contribution in [3.63, 3.8) is 0 Å². The molecule has 0 N–H and O–H groups in total. The van der Waals surface area contributed by atoms with Gasteiger partial charge in [-0.2, -0.15) is 0 Å². The van der Waals surface area contributed by atoms with Crippen LogP contribution in [0.4, 0.5) is 0 Å². The molecule has 0 nitrogen and oxygen atoms in total. The Morgan fingerprint density at radius 3 is 1.43 bits per heavy atom. The van der Waals surface area contributed by atoms with Crippen molar-refractivity contribution in [2.24, 2.45) is 0 Å². The van der Waals surface area contributed by atoms with Crippen molar-refractivity contribution in [3.8, 4) is 0 Å². The van der Waals surface area contributed by atoms with E-state index in [0.717, 1.165) is 38.5 Å². The van der Waals surface area contributed by atoms with E-state index in [9.17, 15) is 0 Å². The van der Waals surface area contributed by atoms with Gasteiger partial charge in [0.25, 0.3) is 0 Å². The van der Waals surface area contributed by atoms with Gasteiger partial charge in [-0.25, -0.2) is 0 Å². The van der Waals surface area contributed by atoms with Gasteiger partial charge in [0.05, 0.1) is 0 Å². The second kappa shape index (κ2) is 8.99. The molecular weight excluding hydrogens is 365 g/mol. The number of hydrogen-bond acceptors (Lipinski definition) is 0. The number of allylic oxidation sites excluding steroid dienone is 12. The third-order valence-electron chi connectivity index (χ3n) is 4.10. The van der Waals surface area contributed by atoms with Crippen LogP contribution in [0, 0.1) is 0 Å². The molecule has 1 heteroatoms. The Hall–Kier alpha value is -1.46. The van der Waals surface area contributed by atoms with Crippen molar-refractivity contribution < 1.29 is 17.1 Å². The zero-order valence-electron chi connectivity index (χ0n) is 13.9. The molecule has 0 bridgehead atoms. The van der Waals surface area contributed by atoms with Gasteiger partial charge in [0, 0.05) is 0 Å². The number of hydrogen-bond donors (Lipinski definition) is 0. The summed E-state index contributed by atoms with van der Waals surface area (Å²) < 4.78 is 3.30. The predicted molar refractivity (Wildman–Crippen MR) is 98.7 cm³/mol. The number of rotatable bonds is 10. The van der Waals surface area contributed by atoms with E-state index in [4.69, 9.17) is 0 Å². The van der Waals surface area contributed by atoms with Gasteiger partial charge in [0.15, 0.2) is 0 Å². The van der Waals surface area contributed by atoms with Gasteiger partial charge in [0.1, 0.15) is 0 Å². The normalized spacial score (nSPS) is 17.4. The molecule has 0 aromatic heterocycles. The Labute approximate surface area is 149 Å². The van der Waals surface area contributed by atoms with E-state index < -0.39 is 0 Å². The zero-order valence-corrected chi connectivity index (χ0v) is 15.6. The monoisotopic (exact) mass is 392 g/mol. The van der Waals surface area contributed by atoms with E-state index in [1.54, 1.807) is 8.33 Å². The maximum atomic E-state index is 3.94. The third kappa shape index (κ3) is 4.30. The van der Waals surface area contributed by atoms with Crippen molar-refractivity contribution >= 4 is 0 Å². The van der Waals surface area contributed by atoms with Gasteiger partial charge in [0.2, 0.25) is 0 Å². The predicted octanol–water partition coefficient (Wildman–Crippen LogP) is 6.54. The zero-order chi connectivity index (χ0) is 16.7. The van der Waals surface area contributed by atoms with Crippen molar-refractivity contribution in [2.75, 3.05) is 0 Å². The SMILES string of the molecule is C=CCC1=CC[C]([Ru][C]2=C(CC=C)C(CC=C)=CC2)=C1CC=C. The van der Waals surface area contributed by atoms with E-state index in [1.807, 2.05) is 24.3 Å². The third-order valence-corrected chi connectivity index (χ3v) is 6.91. The quantitative estimate of drug-likeness (QED) is 0.293. The molecule has 0 aliphatic heterocycles. The Bertz CT molecular complexity index is 579. The summed E-state index contributed by atoms with van der Waals surface area (Å²) in [7, 11) is 0. The molecule has 23 heavy (non-hydrogen) atoms. The van der Waals surface area contributed by atoms with E-state index in [2.05, 4.69) is 38.5 Å². The summed E-state index contributed by atoms with van der Waals surface area (Å²) >= 11 is 0.137. The van der Waals surface area contributed by atoms with E-state index in [0.29, 0.717) is 0 Å². The Kier molecular flexibility index (Phi) is 6.99. The first kappa shape index (κ1) is 17.9. The molecule has 0 spiro atoms. The molecule has 2 rings (SSSR count).